The first-order valence-electron chi connectivity index (χ1n) is 11.0. The topological polar surface area (TPSA) is 89.0 Å². The molecule has 34 heavy (non-hydrogen) atoms. The van der Waals surface area contributed by atoms with E-state index in [-0.39, 0.29) is 16.2 Å². The van der Waals surface area contributed by atoms with Gasteiger partial charge in [0.25, 0.3) is 15.2 Å². The molecule has 3 aromatic rings. The zero-order valence-electron chi connectivity index (χ0n) is 18.5. The lowest BCUT2D eigenvalue weighted by Crippen LogP contribution is -2.50. The van der Waals surface area contributed by atoms with Gasteiger partial charge >= 0.3 is 0 Å². The fraction of sp³-hybridized carbons (Fsp3) is 0.455. The summed E-state index contributed by atoms with van der Waals surface area (Å²) in [5, 5.41) is 0.607. The Morgan fingerprint density at radius 2 is 1.91 bits per heavy atom. The van der Waals surface area contributed by atoms with Gasteiger partial charge in [-0.15, -0.1) is 11.3 Å². The maximum absolute atomic E-state index is 13.3. The largest absolute Gasteiger partial charge is 0.497 e. The van der Waals surface area contributed by atoms with Crippen LogP contribution in [0.2, 0.25) is 4.34 Å². The lowest BCUT2D eigenvalue weighted by atomic mass is 10.1. The lowest BCUT2D eigenvalue weighted by Gasteiger charge is -2.34. The number of halogens is 1. The molecule has 1 atom stereocenters. The van der Waals surface area contributed by atoms with Gasteiger partial charge in [0.15, 0.2) is 0 Å². The number of piperidine rings is 1. The highest BCUT2D eigenvalue weighted by atomic mass is 35.5. The van der Waals surface area contributed by atoms with Gasteiger partial charge in [0.2, 0.25) is 5.91 Å². The van der Waals surface area contributed by atoms with Crippen LogP contribution < -0.4 is 9.47 Å². The van der Waals surface area contributed by atoms with Crippen molar-refractivity contribution in [2.24, 2.45) is 0 Å². The Hall–Kier alpha value is -1.92. The summed E-state index contributed by atoms with van der Waals surface area (Å²) in [5.41, 5.74) is 0.835. The van der Waals surface area contributed by atoms with Crippen molar-refractivity contribution in [3.63, 3.8) is 0 Å². The molecular formula is C22H24ClN3O5S3. The van der Waals surface area contributed by atoms with Crippen LogP contribution in [0.5, 0.6) is 10.9 Å². The monoisotopic (exact) mass is 541 g/mol. The van der Waals surface area contributed by atoms with Crippen molar-refractivity contribution in [1.29, 1.82) is 0 Å². The smallest absolute Gasteiger partial charge is 0.274 e. The number of nitrogens with zero attached hydrogens (tertiary/aromatic N) is 3. The number of benzene rings is 1. The van der Waals surface area contributed by atoms with Gasteiger partial charge in [-0.3, -0.25) is 4.79 Å². The van der Waals surface area contributed by atoms with Crippen LogP contribution in [0.25, 0.3) is 10.2 Å². The highest BCUT2D eigenvalue weighted by Crippen LogP contribution is 2.34. The van der Waals surface area contributed by atoms with E-state index in [9.17, 15) is 13.2 Å². The average Bonchev–Trinajstić information content (AvgIpc) is 3.58. The molecule has 1 unspecified atom stereocenters. The minimum absolute atomic E-state index is 0.0387. The van der Waals surface area contributed by atoms with Gasteiger partial charge in [-0.2, -0.15) is 4.31 Å². The van der Waals surface area contributed by atoms with Crippen LogP contribution in [0.1, 0.15) is 25.7 Å². The van der Waals surface area contributed by atoms with E-state index in [2.05, 4.69) is 4.98 Å². The number of methoxy groups -OCH3 is 1. The van der Waals surface area contributed by atoms with Gasteiger partial charge in [0.1, 0.15) is 22.1 Å². The van der Waals surface area contributed by atoms with Crippen LogP contribution >= 0.6 is 34.3 Å². The van der Waals surface area contributed by atoms with E-state index in [0.29, 0.717) is 54.8 Å². The molecule has 0 aliphatic carbocycles. The summed E-state index contributed by atoms with van der Waals surface area (Å²) >= 11 is 8.45. The van der Waals surface area contributed by atoms with Gasteiger partial charge in [0.05, 0.1) is 21.7 Å². The molecule has 0 radical (unpaired) electrons. The third kappa shape index (κ3) is 4.64. The maximum atomic E-state index is 13.3. The molecular weight excluding hydrogens is 518 g/mol. The summed E-state index contributed by atoms with van der Waals surface area (Å²) in [6.45, 7) is 1.39. The Kier molecular flexibility index (Phi) is 6.73. The second-order valence-electron chi connectivity index (χ2n) is 8.29. The number of carbonyl (C=O) groups excluding carboxylic acids is 1. The SMILES string of the molecule is COc1ccc2sc(OC3CCN(C(=O)C4CCCN4S(=O)(=O)c4ccc(Cl)s4)CC3)nc2c1. The van der Waals surface area contributed by atoms with Crippen LogP contribution in [0.15, 0.2) is 34.5 Å². The van der Waals surface area contributed by atoms with Crippen LogP contribution in [0, 0.1) is 0 Å². The molecule has 1 amide bonds. The molecule has 0 bridgehead atoms. The number of fused-ring (bicyclic) bond motifs is 1. The number of ether oxygens (including phenoxy) is 2. The van der Waals surface area contributed by atoms with E-state index in [4.69, 9.17) is 21.1 Å². The Morgan fingerprint density at radius 1 is 1.12 bits per heavy atom. The Morgan fingerprint density at radius 3 is 2.62 bits per heavy atom. The van der Waals surface area contributed by atoms with Crippen molar-refractivity contribution in [1.82, 2.24) is 14.2 Å². The second-order valence-corrected chi connectivity index (χ2v) is 13.1. The van der Waals surface area contributed by atoms with Crippen LogP contribution in [0.3, 0.4) is 0 Å². The number of likely N-dealkylation sites (tertiary alicyclic amines) is 1. The number of hydrogen-bond acceptors (Lipinski definition) is 8. The van der Waals surface area contributed by atoms with Gasteiger partial charge in [0, 0.05) is 38.5 Å². The summed E-state index contributed by atoms with van der Waals surface area (Å²) in [6, 6.07) is 8.15. The quantitative estimate of drug-likeness (QED) is 0.463. The van der Waals surface area contributed by atoms with Crippen LogP contribution in [0.4, 0.5) is 0 Å². The zero-order valence-corrected chi connectivity index (χ0v) is 21.7. The van der Waals surface area contributed by atoms with Crippen molar-refractivity contribution in [3.8, 4) is 10.9 Å². The standard InChI is InChI=1S/C22H24ClN3O5S3/c1-30-15-4-5-18-16(13-15)24-22(32-18)31-14-8-11-25(12-9-14)21(27)17-3-2-10-26(17)34(28,29)20-7-6-19(23)33-20/h4-7,13-14,17H,2-3,8-12H2,1H3. The number of aromatic nitrogens is 1. The minimum atomic E-state index is -3.74. The molecule has 2 saturated heterocycles. The molecule has 2 aliphatic heterocycles. The molecule has 0 spiro atoms. The van der Waals surface area contributed by atoms with Crippen LogP contribution in [-0.2, 0) is 14.8 Å². The highest BCUT2D eigenvalue weighted by Gasteiger charge is 2.42. The number of thiophene rings is 1. The summed E-state index contributed by atoms with van der Waals surface area (Å²) in [6.07, 6.45) is 2.50. The second kappa shape index (κ2) is 9.62. The van der Waals surface area contributed by atoms with E-state index in [0.717, 1.165) is 27.3 Å². The molecule has 12 heteroatoms. The number of hydrogen-bond donors (Lipinski definition) is 0. The normalized spacial score (nSPS) is 20.2. The third-order valence-electron chi connectivity index (χ3n) is 6.20. The molecule has 2 aromatic heterocycles. The van der Waals surface area contributed by atoms with Gasteiger partial charge in [-0.1, -0.05) is 22.9 Å². The summed E-state index contributed by atoms with van der Waals surface area (Å²) in [4.78, 5) is 19.6. The first-order valence-corrected chi connectivity index (χ1v) is 14.5. The Labute approximate surface area is 211 Å². The number of carbonyl (C=O) groups is 1. The fourth-order valence-electron chi connectivity index (χ4n) is 4.44. The Balaban J connectivity index is 1.21. The number of amides is 1. The molecule has 2 fully saturated rings. The third-order valence-corrected chi connectivity index (χ3v) is 10.7. The van der Waals surface area contributed by atoms with Gasteiger partial charge in [-0.25, -0.2) is 13.4 Å². The summed E-state index contributed by atoms with van der Waals surface area (Å²) in [5.74, 6) is 0.621. The van der Waals surface area contributed by atoms with E-state index >= 15 is 0 Å². The van der Waals surface area contributed by atoms with E-state index in [1.807, 2.05) is 18.2 Å². The molecule has 2 aliphatic rings. The first-order chi connectivity index (χ1) is 16.3. The Bertz CT molecular complexity index is 1300. The lowest BCUT2D eigenvalue weighted by molar-refractivity contribution is -0.136. The number of rotatable bonds is 6. The van der Waals surface area contributed by atoms with Gasteiger partial charge in [-0.05, 0) is 37.1 Å². The molecule has 182 valence electrons. The molecule has 5 rings (SSSR count). The van der Waals surface area contributed by atoms with E-state index in [1.54, 1.807) is 18.1 Å². The van der Waals surface area contributed by atoms with E-state index in [1.165, 1.54) is 21.7 Å². The van der Waals surface area contributed by atoms with Crippen molar-refractivity contribution in [2.75, 3.05) is 26.7 Å². The molecule has 1 aromatic carbocycles. The molecule has 0 saturated carbocycles. The number of sulfonamides is 1. The fourth-order valence-corrected chi connectivity index (χ4v) is 8.56. The van der Waals surface area contributed by atoms with Crippen molar-refractivity contribution in [3.05, 3.63) is 34.7 Å². The van der Waals surface area contributed by atoms with Crippen molar-refractivity contribution < 1.29 is 22.7 Å². The number of thiazole rings is 1. The molecule has 4 heterocycles. The zero-order chi connectivity index (χ0) is 23.9. The summed E-state index contributed by atoms with van der Waals surface area (Å²) < 4.78 is 40.5. The van der Waals surface area contributed by atoms with Crippen LogP contribution in [-0.4, -0.2) is 67.4 Å². The molecule has 0 N–H and O–H groups in total. The van der Waals surface area contributed by atoms with Crippen molar-refractivity contribution in [2.45, 2.75) is 42.0 Å². The predicted octanol–water partition coefficient (Wildman–Crippen LogP) is 4.24. The first kappa shape index (κ1) is 23.8. The predicted molar refractivity (Wildman–Crippen MR) is 133 cm³/mol. The maximum Gasteiger partial charge on any atom is 0.274 e. The summed E-state index contributed by atoms with van der Waals surface area (Å²) in [7, 11) is -2.12. The molecule has 8 nitrogen and oxygen atoms in total. The highest BCUT2D eigenvalue weighted by molar-refractivity contribution is 7.91. The van der Waals surface area contributed by atoms with Gasteiger partial charge < -0.3 is 14.4 Å². The van der Waals surface area contributed by atoms with Crippen molar-refractivity contribution >= 4 is 60.4 Å². The average molecular weight is 542 g/mol. The van der Waals surface area contributed by atoms with E-state index < -0.39 is 16.1 Å². The minimum Gasteiger partial charge on any atom is -0.497 e.